The smallest absolute Gasteiger partial charge is 0.382 e. The fourth-order valence-electron chi connectivity index (χ4n) is 7.09. The average molecular weight is 860 g/mol. The van der Waals surface area contributed by atoms with Gasteiger partial charge in [-0.05, 0) is 62.3 Å². The fraction of sp³-hybridized carbons (Fsp3) is 0.733. The maximum Gasteiger partial charge on any atom is 0.416 e. The van der Waals surface area contributed by atoms with E-state index in [4.69, 9.17) is 52.1 Å². The van der Waals surface area contributed by atoms with E-state index in [2.05, 4.69) is 24.4 Å². The van der Waals surface area contributed by atoms with E-state index in [-0.39, 0.29) is 24.7 Å². The maximum atomic E-state index is 13.5. The van der Waals surface area contributed by atoms with Crippen LogP contribution in [0.4, 0.5) is 13.2 Å². The summed E-state index contributed by atoms with van der Waals surface area (Å²) >= 11 is 0. The van der Waals surface area contributed by atoms with Crippen LogP contribution in [0.25, 0.3) is 0 Å². The molecule has 0 bridgehead atoms. The molecule has 2 aromatic rings. The van der Waals surface area contributed by atoms with Gasteiger partial charge in [-0.1, -0.05) is 48.4 Å². The Labute approximate surface area is 356 Å². The number of hydrogen-bond acceptors (Lipinski definition) is 12. The highest BCUT2D eigenvalue weighted by molar-refractivity contribution is 5.31. The highest BCUT2D eigenvalue weighted by Crippen LogP contribution is 2.42. The third kappa shape index (κ3) is 24.4. The molecule has 0 spiro atoms. The molecule has 60 heavy (non-hydrogen) atoms. The molecule has 0 amide bonds. The second kappa shape index (κ2) is 33.3. The van der Waals surface area contributed by atoms with Gasteiger partial charge >= 0.3 is 6.18 Å². The van der Waals surface area contributed by atoms with Gasteiger partial charge in [0, 0.05) is 25.6 Å². The molecule has 0 aliphatic heterocycles. The summed E-state index contributed by atoms with van der Waals surface area (Å²) in [6, 6.07) is 14.8. The molecule has 344 valence electrons. The molecule has 1 aliphatic rings. The fourth-order valence-corrected chi connectivity index (χ4v) is 7.09. The zero-order valence-electron chi connectivity index (χ0n) is 36.2. The summed E-state index contributed by atoms with van der Waals surface area (Å²) in [6.07, 6.45) is -0.520. The quantitative estimate of drug-likeness (QED) is 0.0735. The molecule has 0 radical (unpaired) electrons. The van der Waals surface area contributed by atoms with Crippen LogP contribution < -0.4 is 5.32 Å². The third-order valence-electron chi connectivity index (χ3n) is 9.89. The van der Waals surface area contributed by atoms with Crippen LogP contribution in [0.1, 0.15) is 60.8 Å². The molecule has 4 atom stereocenters. The molecule has 3 rings (SSSR count). The van der Waals surface area contributed by atoms with Crippen molar-refractivity contribution in [3.05, 3.63) is 70.8 Å². The number of ether oxygens (including phenoxy) is 11. The Bertz CT molecular complexity index is 1310. The molecule has 0 heterocycles. The summed E-state index contributed by atoms with van der Waals surface area (Å²) in [5.74, 6) is 0.540. The standard InChI is InChI=1S/C45H72F3NO11/c1-37-32-39(35-42(33-37)45(46,47)48)36-60-43-11-7-10-41(44(43)40-8-5-4-6-9-40)34-38(2)49-12-13-51-16-17-53-20-21-55-24-25-57-28-29-59-31-30-58-27-26-56-23-22-54-19-18-52-15-14-50-3/h4-6,8-9,32-33,35,38,41,43-44,49H,7,10-31,34,36H2,1-3H3/t38?,41?,43-,44+/m0/s1. The Kier molecular flexibility index (Phi) is 28.9. The Morgan fingerprint density at radius 2 is 1.08 bits per heavy atom. The molecule has 1 saturated carbocycles. The normalized spacial score (nSPS) is 17.7. The highest BCUT2D eigenvalue weighted by atomic mass is 19.4. The topological polar surface area (TPSA) is 114 Å². The van der Waals surface area contributed by atoms with E-state index in [1.54, 1.807) is 20.1 Å². The van der Waals surface area contributed by atoms with E-state index in [0.717, 1.165) is 32.2 Å². The molecule has 1 fully saturated rings. The Morgan fingerprint density at radius 1 is 0.617 bits per heavy atom. The lowest BCUT2D eigenvalue weighted by Crippen LogP contribution is -2.38. The minimum atomic E-state index is -4.38. The van der Waals surface area contributed by atoms with Crippen LogP contribution in [0.5, 0.6) is 0 Å². The van der Waals surface area contributed by atoms with Gasteiger partial charge < -0.3 is 57.4 Å². The lowest BCUT2D eigenvalue weighted by molar-refractivity contribution is -0.137. The summed E-state index contributed by atoms with van der Waals surface area (Å²) in [5, 5.41) is 3.60. The van der Waals surface area contributed by atoms with Gasteiger partial charge in [0.15, 0.2) is 0 Å². The van der Waals surface area contributed by atoms with Crippen LogP contribution in [0.15, 0.2) is 48.5 Å². The zero-order valence-corrected chi connectivity index (χ0v) is 36.2. The van der Waals surface area contributed by atoms with Gasteiger partial charge in [0.1, 0.15) is 0 Å². The molecule has 15 heteroatoms. The van der Waals surface area contributed by atoms with Crippen LogP contribution in [0.3, 0.4) is 0 Å². The van der Waals surface area contributed by atoms with Gasteiger partial charge in [-0.2, -0.15) is 13.2 Å². The first kappa shape index (κ1) is 52.1. The van der Waals surface area contributed by atoms with Crippen LogP contribution in [-0.4, -0.2) is 151 Å². The van der Waals surface area contributed by atoms with E-state index >= 15 is 0 Å². The Hall–Kier alpha value is -2.25. The number of halogens is 3. The molecule has 0 aromatic heterocycles. The maximum absolute atomic E-state index is 13.5. The molecular weight excluding hydrogens is 787 g/mol. The molecule has 12 nitrogen and oxygen atoms in total. The number of hydrogen-bond donors (Lipinski definition) is 1. The van der Waals surface area contributed by atoms with Crippen molar-refractivity contribution < 1.29 is 65.3 Å². The van der Waals surface area contributed by atoms with Crippen molar-refractivity contribution in [3.63, 3.8) is 0 Å². The summed E-state index contributed by atoms with van der Waals surface area (Å²) in [7, 11) is 1.64. The highest BCUT2D eigenvalue weighted by Gasteiger charge is 2.36. The summed E-state index contributed by atoms with van der Waals surface area (Å²) in [4.78, 5) is 0. The van der Waals surface area contributed by atoms with Crippen molar-refractivity contribution in [2.24, 2.45) is 5.92 Å². The molecule has 2 unspecified atom stereocenters. The van der Waals surface area contributed by atoms with Crippen molar-refractivity contribution in [1.82, 2.24) is 5.32 Å². The van der Waals surface area contributed by atoms with Gasteiger partial charge in [0.05, 0.1) is 144 Å². The van der Waals surface area contributed by atoms with E-state index in [1.165, 1.54) is 17.7 Å². The summed E-state index contributed by atoms with van der Waals surface area (Å²) in [6.45, 7) is 14.6. The number of benzene rings is 2. The SMILES string of the molecule is COCCOCCOCCOCCOCCOCCOCCOCCOCCOCCNC(C)CC1CCC[C@H](OCc2cc(C)cc(C(F)(F)F)c2)[C@@H]1c1ccccc1. The van der Waals surface area contributed by atoms with Crippen molar-refractivity contribution >= 4 is 0 Å². The van der Waals surface area contributed by atoms with Gasteiger partial charge in [-0.25, -0.2) is 0 Å². The molecular formula is C45H72F3NO11. The predicted molar refractivity (Wildman–Crippen MR) is 223 cm³/mol. The summed E-state index contributed by atoms with van der Waals surface area (Å²) < 4.78 is 101. The monoisotopic (exact) mass is 860 g/mol. The van der Waals surface area contributed by atoms with Crippen molar-refractivity contribution in [2.45, 2.75) is 70.4 Å². The first-order valence-electron chi connectivity index (χ1n) is 21.5. The first-order chi connectivity index (χ1) is 29.3. The van der Waals surface area contributed by atoms with Crippen molar-refractivity contribution in [2.75, 3.05) is 139 Å². The Balaban J connectivity index is 1.12. The molecule has 1 N–H and O–H groups in total. The van der Waals surface area contributed by atoms with Crippen molar-refractivity contribution in [1.29, 1.82) is 0 Å². The van der Waals surface area contributed by atoms with Crippen molar-refractivity contribution in [3.8, 4) is 0 Å². The number of nitrogens with one attached hydrogen (secondary N) is 1. The Morgan fingerprint density at radius 3 is 1.55 bits per heavy atom. The van der Waals surface area contributed by atoms with Gasteiger partial charge in [0.25, 0.3) is 0 Å². The van der Waals surface area contributed by atoms with E-state index in [0.29, 0.717) is 143 Å². The predicted octanol–water partition coefficient (Wildman–Crippen LogP) is 6.65. The van der Waals surface area contributed by atoms with Gasteiger partial charge in [0.2, 0.25) is 0 Å². The average Bonchev–Trinajstić information content (AvgIpc) is 3.23. The third-order valence-corrected chi connectivity index (χ3v) is 9.89. The first-order valence-corrected chi connectivity index (χ1v) is 21.5. The number of rotatable bonds is 37. The second-order valence-corrected chi connectivity index (χ2v) is 14.8. The molecule has 1 aliphatic carbocycles. The van der Waals surface area contributed by atoms with Crippen LogP contribution in [-0.2, 0) is 64.9 Å². The number of methoxy groups -OCH3 is 1. The molecule has 2 aromatic carbocycles. The lowest BCUT2D eigenvalue weighted by Gasteiger charge is -2.40. The van der Waals surface area contributed by atoms with Crippen LogP contribution in [0.2, 0.25) is 0 Å². The minimum absolute atomic E-state index is 0.0732. The molecule has 0 saturated heterocycles. The minimum Gasteiger partial charge on any atom is -0.382 e. The van der Waals surface area contributed by atoms with E-state index < -0.39 is 11.7 Å². The van der Waals surface area contributed by atoms with Crippen LogP contribution >= 0.6 is 0 Å². The number of aryl methyl sites for hydroxylation is 1. The number of alkyl halides is 3. The van der Waals surface area contributed by atoms with Crippen LogP contribution in [0, 0.1) is 12.8 Å². The van der Waals surface area contributed by atoms with Gasteiger partial charge in [-0.15, -0.1) is 0 Å². The summed E-state index contributed by atoms with van der Waals surface area (Å²) in [5.41, 5.74) is 1.72. The zero-order chi connectivity index (χ0) is 42.9. The largest absolute Gasteiger partial charge is 0.416 e. The van der Waals surface area contributed by atoms with Gasteiger partial charge in [-0.3, -0.25) is 0 Å². The van der Waals surface area contributed by atoms with E-state index in [9.17, 15) is 13.2 Å². The van der Waals surface area contributed by atoms with E-state index in [1.807, 2.05) is 18.2 Å². The lowest BCUT2D eigenvalue weighted by atomic mass is 9.71. The second-order valence-electron chi connectivity index (χ2n) is 14.8.